The lowest BCUT2D eigenvalue weighted by molar-refractivity contribution is -0.113. The van der Waals surface area contributed by atoms with E-state index < -0.39 is 0 Å². The van der Waals surface area contributed by atoms with Gasteiger partial charge in [0.15, 0.2) is 5.78 Å². The van der Waals surface area contributed by atoms with E-state index >= 15 is 0 Å². The summed E-state index contributed by atoms with van der Waals surface area (Å²) in [6, 6.07) is 6.43. The standard InChI is InChI=1S/C13H11FO/c14-12-5-1-10(2-6-12)9-11-3-7-13(15)8-4-11/h1-7H,8-9H2. The maximum absolute atomic E-state index is 12.6. The molecule has 0 heterocycles. The number of rotatable bonds is 2. The normalized spacial score (nSPS) is 15.3. The molecule has 76 valence electrons. The van der Waals surface area contributed by atoms with Gasteiger partial charge in [0.1, 0.15) is 5.82 Å². The molecule has 0 bridgehead atoms. The number of hydrogen-bond acceptors (Lipinski definition) is 1. The fraction of sp³-hybridized carbons (Fsp3) is 0.154. The average Bonchev–Trinajstić information content (AvgIpc) is 2.25. The molecular weight excluding hydrogens is 191 g/mol. The summed E-state index contributed by atoms with van der Waals surface area (Å²) in [6.07, 6.45) is 6.58. The molecule has 0 N–H and O–H groups in total. The van der Waals surface area contributed by atoms with E-state index in [0.29, 0.717) is 6.42 Å². The molecule has 1 aromatic rings. The van der Waals surface area contributed by atoms with Crippen molar-refractivity contribution in [3.8, 4) is 0 Å². The molecule has 2 rings (SSSR count). The number of carbonyl (C=O) groups is 1. The Bertz CT molecular complexity index is 426. The van der Waals surface area contributed by atoms with E-state index in [9.17, 15) is 9.18 Å². The number of carbonyl (C=O) groups excluding carboxylic acids is 1. The van der Waals surface area contributed by atoms with Crippen LogP contribution in [0, 0.1) is 5.82 Å². The Morgan fingerprint density at radius 1 is 1.13 bits per heavy atom. The highest BCUT2D eigenvalue weighted by Crippen LogP contribution is 2.14. The number of halogens is 1. The number of benzene rings is 1. The van der Waals surface area contributed by atoms with Gasteiger partial charge in [-0.2, -0.15) is 0 Å². The van der Waals surface area contributed by atoms with Crippen molar-refractivity contribution < 1.29 is 9.18 Å². The molecule has 0 fully saturated rings. The predicted octanol–water partition coefficient (Wildman–Crippen LogP) is 2.82. The average molecular weight is 202 g/mol. The van der Waals surface area contributed by atoms with Crippen molar-refractivity contribution in [3.63, 3.8) is 0 Å². The molecule has 1 aliphatic rings. The van der Waals surface area contributed by atoms with Gasteiger partial charge in [-0.1, -0.05) is 24.3 Å². The van der Waals surface area contributed by atoms with Crippen molar-refractivity contribution in [2.24, 2.45) is 0 Å². The monoisotopic (exact) mass is 202 g/mol. The molecule has 1 aromatic carbocycles. The van der Waals surface area contributed by atoms with Crippen LogP contribution in [0.1, 0.15) is 12.0 Å². The summed E-state index contributed by atoms with van der Waals surface area (Å²) < 4.78 is 12.6. The van der Waals surface area contributed by atoms with E-state index in [-0.39, 0.29) is 11.6 Å². The fourth-order valence-electron chi connectivity index (χ4n) is 1.54. The third-order valence-corrected chi connectivity index (χ3v) is 2.37. The summed E-state index contributed by atoms with van der Waals surface area (Å²) in [4.78, 5) is 10.9. The molecule has 0 unspecified atom stereocenters. The molecule has 0 aromatic heterocycles. The second kappa shape index (κ2) is 4.22. The Kier molecular flexibility index (Phi) is 2.77. The van der Waals surface area contributed by atoms with Gasteiger partial charge in [-0.15, -0.1) is 0 Å². The van der Waals surface area contributed by atoms with Crippen LogP contribution in [-0.4, -0.2) is 5.78 Å². The summed E-state index contributed by atoms with van der Waals surface area (Å²) in [6.45, 7) is 0. The Labute approximate surface area is 87.9 Å². The van der Waals surface area contributed by atoms with Gasteiger partial charge in [0, 0.05) is 6.42 Å². The zero-order valence-corrected chi connectivity index (χ0v) is 8.24. The molecule has 0 amide bonds. The molecule has 1 aliphatic carbocycles. The molecule has 1 nitrogen and oxygen atoms in total. The zero-order valence-electron chi connectivity index (χ0n) is 8.24. The molecule has 15 heavy (non-hydrogen) atoms. The first-order valence-electron chi connectivity index (χ1n) is 4.88. The van der Waals surface area contributed by atoms with Crippen LogP contribution in [0.15, 0.2) is 48.1 Å². The Morgan fingerprint density at radius 2 is 1.87 bits per heavy atom. The SMILES string of the molecule is O=C1C=CC(Cc2ccc(F)cc2)=CC1. The Balaban J connectivity index is 2.07. The highest BCUT2D eigenvalue weighted by Gasteiger charge is 2.04. The Hall–Kier alpha value is -1.70. The lowest BCUT2D eigenvalue weighted by atomic mass is 9.99. The number of allylic oxidation sites excluding steroid dienone is 4. The molecular formula is C13H11FO. The minimum atomic E-state index is -0.220. The van der Waals surface area contributed by atoms with Crippen LogP contribution in [-0.2, 0) is 11.2 Å². The topological polar surface area (TPSA) is 17.1 Å². The maximum atomic E-state index is 12.6. The summed E-state index contributed by atoms with van der Waals surface area (Å²) in [5.74, 6) is -0.0834. The number of hydrogen-bond donors (Lipinski definition) is 0. The maximum Gasteiger partial charge on any atom is 0.159 e. The van der Waals surface area contributed by atoms with Crippen molar-refractivity contribution in [2.45, 2.75) is 12.8 Å². The molecule has 0 radical (unpaired) electrons. The third kappa shape index (κ3) is 2.62. The van der Waals surface area contributed by atoms with Crippen LogP contribution in [0.25, 0.3) is 0 Å². The summed E-state index contributed by atoms with van der Waals surface area (Å²) in [7, 11) is 0. The van der Waals surface area contributed by atoms with E-state index in [2.05, 4.69) is 0 Å². The van der Waals surface area contributed by atoms with Crippen LogP contribution in [0.4, 0.5) is 4.39 Å². The zero-order chi connectivity index (χ0) is 10.7. The molecule has 0 spiro atoms. The highest BCUT2D eigenvalue weighted by atomic mass is 19.1. The van der Waals surface area contributed by atoms with Crippen LogP contribution >= 0.6 is 0 Å². The fourth-order valence-corrected chi connectivity index (χ4v) is 1.54. The van der Waals surface area contributed by atoms with Gasteiger partial charge in [0.25, 0.3) is 0 Å². The molecule has 0 saturated carbocycles. The number of ketones is 1. The van der Waals surface area contributed by atoms with E-state index in [1.54, 1.807) is 18.2 Å². The van der Waals surface area contributed by atoms with E-state index in [1.165, 1.54) is 12.1 Å². The van der Waals surface area contributed by atoms with Gasteiger partial charge in [-0.05, 0) is 35.8 Å². The van der Waals surface area contributed by atoms with Crippen LogP contribution < -0.4 is 0 Å². The lowest BCUT2D eigenvalue weighted by Gasteiger charge is -2.06. The summed E-state index contributed by atoms with van der Waals surface area (Å²) >= 11 is 0. The van der Waals surface area contributed by atoms with E-state index in [0.717, 1.165) is 17.6 Å². The Morgan fingerprint density at radius 3 is 2.47 bits per heavy atom. The minimum Gasteiger partial charge on any atom is -0.295 e. The van der Waals surface area contributed by atoms with Crippen molar-refractivity contribution in [1.29, 1.82) is 0 Å². The highest BCUT2D eigenvalue weighted by molar-refractivity contribution is 5.92. The molecule has 0 aliphatic heterocycles. The first-order chi connectivity index (χ1) is 7.24. The minimum absolute atomic E-state index is 0.137. The van der Waals surface area contributed by atoms with E-state index in [1.807, 2.05) is 12.2 Å². The van der Waals surface area contributed by atoms with Gasteiger partial charge >= 0.3 is 0 Å². The molecule has 0 atom stereocenters. The second-order valence-corrected chi connectivity index (χ2v) is 3.59. The van der Waals surface area contributed by atoms with Crippen molar-refractivity contribution >= 4 is 5.78 Å². The third-order valence-electron chi connectivity index (χ3n) is 2.37. The van der Waals surface area contributed by atoms with Crippen LogP contribution in [0.3, 0.4) is 0 Å². The van der Waals surface area contributed by atoms with Gasteiger partial charge in [0.2, 0.25) is 0 Å². The van der Waals surface area contributed by atoms with Gasteiger partial charge in [0.05, 0.1) is 0 Å². The van der Waals surface area contributed by atoms with Gasteiger partial charge in [-0.3, -0.25) is 4.79 Å². The second-order valence-electron chi connectivity index (χ2n) is 3.59. The van der Waals surface area contributed by atoms with Crippen molar-refractivity contribution in [2.75, 3.05) is 0 Å². The lowest BCUT2D eigenvalue weighted by Crippen LogP contribution is -1.98. The smallest absolute Gasteiger partial charge is 0.159 e. The first-order valence-corrected chi connectivity index (χ1v) is 4.88. The predicted molar refractivity (Wildman–Crippen MR) is 57.0 cm³/mol. The van der Waals surface area contributed by atoms with Crippen LogP contribution in [0.2, 0.25) is 0 Å². The first kappa shape index (κ1) is 9.84. The van der Waals surface area contributed by atoms with Crippen molar-refractivity contribution in [3.05, 3.63) is 59.4 Å². The summed E-state index contributed by atoms with van der Waals surface area (Å²) in [5.41, 5.74) is 2.17. The van der Waals surface area contributed by atoms with E-state index in [4.69, 9.17) is 0 Å². The van der Waals surface area contributed by atoms with Crippen molar-refractivity contribution in [1.82, 2.24) is 0 Å². The van der Waals surface area contributed by atoms with Gasteiger partial charge < -0.3 is 0 Å². The molecule has 0 saturated heterocycles. The summed E-state index contributed by atoms with van der Waals surface area (Å²) in [5, 5.41) is 0. The van der Waals surface area contributed by atoms with Gasteiger partial charge in [-0.25, -0.2) is 4.39 Å². The molecule has 2 heteroatoms. The quantitative estimate of drug-likeness (QED) is 0.720. The van der Waals surface area contributed by atoms with Crippen LogP contribution in [0.5, 0.6) is 0 Å². The largest absolute Gasteiger partial charge is 0.295 e.